The van der Waals surface area contributed by atoms with Gasteiger partial charge in [0.1, 0.15) is 11.4 Å². The summed E-state index contributed by atoms with van der Waals surface area (Å²) in [5.41, 5.74) is 3.98. The first-order valence-corrected chi connectivity index (χ1v) is 11.8. The highest BCUT2D eigenvalue weighted by molar-refractivity contribution is 7.92. The number of anilines is 2. The van der Waals surface area contributed by atoms with Crippen LogP contribution in [-0.2, 0) is 10.0 Å². The van der Waals surface area contributed by atoms with Crippen LogP contribution in [0, 0.1) is 0 Å². The maximum Gasteiger partial charge on any atom is 0.229 e. The highest BCUT2D eigenvalue weighted by Gasteiger charge is 2.18. The van der Waals surface area contributed by atoms with E-state index in [4.69, 9.17) is 4.74 Å². The third kappa shape index (κ3) is 3.69. The Morgan fingerprint density at radius 2 is 1.97 bits per heavy atom. The SMILES string of the molecule is CNc1nn(-c2ccc(NS(C)(=O)=O)cc2OC)c2cc(-c3cnn4cccnc34)ncc12. The lowest BCUT2D eigenvalue weighted by molar-refractivity contribution is 0.412. The molecule has 0 aliphatic carbocycles. The second-order valence-corrected chi connectivity index (χ2v) is 9.05. The van der Waals surface area contributed by atoms with Crippen LogP contribution < -0.4 is 14.8 Å². The van der Waals surface area contributed by atoms with Gasteiger partial charge >= 0.3 is 0 Å². The standard InChI is InChI=1S/C21H20N8O3S/c1-22-20-15-11-24-16(14-12-25-28-8-4-7-23-21(14)28)10-18(15)29(26-20)17-6-5-13(9-19(17)32-2)27-33(3,30)31/h4-12,27H,1-3H3,(H,22,26). The molecule has 0 radical (unpaired) electrons. The number of aromatic nitrogens is 6. The van der Waals surface area contributed by atoms with E-state index in [2.05, 4.69) is 30.2 Å². The van der Waals surface area contributed by atoms with Gasteiger partial charge in [-0.2, -0.15) is 5.10 Å². The van der Waals surface area contributed by atoms with Gasteiger partial charge in [-0.3, -0.25) is 9.71 Å². The maximum absolute atomic E-state index is 11.6. The van der Waals surface area contributed by atoms with Crippen LogP contribution in [0.3, 0.4) is 0 Å². The summed E-state index contributed by atoms with van der Waals surface area (Å²) in [7, 11) is -0.120. The maximum atomic E-state index is 11.6. The number of nitrogens with one attached hydrogen (secondary N) is 2. The molecular formula is C21H20N8O3S. The van der Waals surface area contributed by atoms with E-state index in [1.807, 2.05) is 18.3 Å². The summed E-state index contributed by atoms with van der Waals surface area (Å²) in [6.45, 7) is 0. The van der Waals surface area contributed by atoms with Crippen LogP contribution in [-0.4, -0.2) is 58.2 Å². The Kier molecular flexibility index (Phi) is 4.86. The van der Waals surface area contributed by atoms with E-state index >= 15 is 0 Å². The number of sulfonamides is 1. The van der Waals surface area contributed by atoms with Crippen molar-refractivity contribution in [3.63, 3.8) is 0 Å². The summed E-state index contributed by atoms with van der Waals surface area (Å²) in [6, 6.07) is 8.73. The number of hydrogen-bond acceptors (Lipinski definition) is 8. The molecule has 0 saturated carbocycles. The molecule has 4 aromatic heterocycles. The predicted molar refractivity (Wildman–Crippen MR) is 125 cm³/mol. The lowest BCUT2D eigenvalue weighted by Gasteiger charge is -2.12. The van der Waals surface area contributed by atoms with Crippen LogP contribution in [0.5, 0.6) is 5.75 Å². The lowest BCUT2D eigenvalue weighted by Crippen LogP contribution is -2.10. The third-order valence-electron chi connectivity index (χ3n) is 5.07. The van der Waals surface area contributed by atoms with Crippen molar-refractivity contribution in [1.29, 1.82) is 0 Å². The number of fused-ring (bicyclic) bond motifs is 2. The molecule has 0 aliphatic rings. The Morgan fingerprint density at radius 1 is 1.12 bits per heavy atom. The van der Waals surface area contributed by atoms with Crippen LogP contribution in [0.1, 0.15) is 0 Å². The number of nitrogens with zero attached hydrogens (tertiary/aromatic N) is 6. The van der Waals surface area contributed by atoms with Crippen molar-refractivity contribution in [2.45, 2.75) is 0 Å². The van der Waals surface area contributed by atoms with Gasteiger partial charge < -0.3 is 10.1 Å². The van der Waals surface area contributed by atoms with Crippen LogP contribution in [0.2, 0.25) is 0 Å². The van der Waals surface area contributed by atoms with Gasteiger partial charge in [0, 0.05) is 31.7 Å². The highest BCUT2D eigenvalue weighted by atomic mass is 32.2. The van der Waals surface area contributed by atoms with Gasteiger partial charge in [-0.05, 0) is 24.3 Å². The first-order chi connectivity index (χ1) is 15.9. The molecule has 0 atom stereocenters. The summed E-state index contributed by atoms with van der Waals surface area (Å²) in [4.78, 5) is 9.03. The number of ether oxygens (including phenoxy) is 1. The van der Waals surface area contributed by atoms with Gasteiger partial charge in [0.2, 0.25) is 10.0 Å². The molecule has 11 nitrogen and oxygen atoms in total. The smallest absolute Gasteiger partial charge is 0.229 e. The quantitative estimate of drug-likeness (QED) is 0.392. The molecule has 4 heterocycles. The normalized spacial score (nSPS) is 11.7. The first-order valence-electron chi connectivity index (χ1n) is 9.89. The summed E-state index contributed by atoms with van der Waals surface area (Å²) >= 11 is 0. The molecule has 2 N–H and O–H groups in total. The van der Waals surface area contributed by atoms with Crippen LogP contribution in [0.4, 0.5) is 11.5 Å². The van der Waals surface area contributed by atoms with Gasteiger partial charge in [-0.1, -0.05) is 0 Å². The second-order valence-electron chi connectivity index (χ2n) is 7.30. The first kappa shape index (κ1) is 20.7. The third-order valence-corrected chi connectivity index (χ3v) is 5.68. The molecule has 12 heteroatoms. The van der Waals surface area contributed by atoms with Crippen molar-refractivity contribution in [1.82, 2.24) is 29.4 Å². The van der Waals surface area contributed by atoms with Crippen LogP contribution in [0.15, 0.2) is 55.1 Å². The molecular weight excluding hydrogens is 444 g/mol. The fourth-order valence-electron chi connectivity index (χ4n) is 3.66. The molecule has 0 unspecified atom stereocenters. The average Bonchev–Trinajstić information content (AvgIpc) is 3.39. The topological polar surface area (TPSA) is 128 Å². The highest BCUT2D eigenvalue weighted by Crippen LogP contribution is 2.34. The zero-order chi connectivity index (χ0) is 23.2. The van der Waals surface area contributed by atoms with Crippen molar-refractivity contribution in [3.05, 3.63) is 55.1 Å². The summed E-state index contributed by atoms with van der Waals surface area (Å²) < 4.78 is 34.7. The largest absolute Gasteiger partial charge is 0.494 e. The zero-order valence-corrected chi connectivity index (χ0v) is 18.8. The second kappa shape index (κ2) is 7.74. The van der Waals surface area contributed by atoms with E-state index in [1.165, 1.54) is 7.11 Å². The summed E-state index contributed by atoms with van der Waals surface area (Å²) in [5.74, 6) is 1.09. The Hall–Kier alpha value is -4.19. The number of rotatable bonds is 6. The Bertz CT molecular complexity index is 1610. The van der Waals surface area contributed by atoms with E-state index in [-0.39, 0.29) is 0 Å². The van der Waals surface area contributed by atoms with Crippen LogP contribution >= 0.6 is 0 Å². The molecule has 0 spiro atoms. The fraction of sp³-hybridized carbons (Fsp3) is 0.143. The summed E-state index contributed by atoms with van der Waals surface area (Å²) in [5, 5.41) is 12.9. The van der Waals surface area contributed by atoms with Crippen molar-refractivity contribution in [3.8, 4) is 22.7 Å². The minimum atomic E-state index is -3.42. The molecule has 0 fully saturated rings. The van der Waals surface area contributed by atoms with E-state index in [0.717, 1.165) is 22.7 Å². The molecule has 33 heavy (non-hydrogen) atoms. The average molecular weight is 465 g/mol. The number of benzene rings is 1. The summed E-state index contributed by atoms with van der Waals surface area (Å²) in [6.07, 6.45) is 8.10. The molecule has 5 aromatic rings. The minimum Gasteiger partial charge on any atom is -0.494 e. The predicted octanol–water partition coefficient (Wildman–Crippen LogP) is 2.55. The molecule has 5 rings (SSSR count). The Labute approximate surface area is 189 Å². The molecule has 0 amide bonds. The van der Waals surface area contributed by atoms with Crippen molar-refractivity contribution >= 4 is 38.1 Å². The zero-order valence-electron chi connectivity index (χ0n) is 18.0. The number of hydrogen-bond donors (Lipinski definition) is 2. The number of pyridine rings is 1. The lowest BCUT2D eigenvalue weighted by atomic mass is 10.2. The van der Waals surface area contributed by atoms with Gasteiger partial charge in [0.15, 0.2) is 11.5 Å². The van der Waals surface area contributed by atoms with Crippen molar-refractivity contribution in [2.24, 2.45) is 0 Å². The van der Waals surface area contributed by atoms with E-state index in [0.29, 0.717) is 34.3 Å². The fourth-order valence-corrected chi connectivity index (χ4v) is 4.22. The molecule has 0 aliphatic heterocycles. The Balaban J connectivity index is 1.69. The van der Waals surface area contributed by atoms with Gasteiger partial charge in [0.25, 0.3) is 0 Å². The van der Waals surface area contributed by atoms with E-state index in [9.17, 15) is 8.42 Å². The van der Waals surface area contributed by atoms with Crippen molar-refractivity contribution in [2.75, 3.05) is 30.5 Å². The Morgan fingerprint density at radius 3 is 2.73 bits per heavy atom. The van der Waals surface area contributed by atoms with Gasteiger partial charge in [0.05, 0.1) is 47.4 Å². The van der Waals surface area contributed by atoms with Gasteiger partial charge in [-0.25, -0.2) is 22.6 Å². The van der Waals surface area contributed by atoms with E-state index in [1.54, 1.807) is 53.0 Å². The van der Waals surface area contributed by atoms with Gasteiger partial charge in [-0.15, -0.1) is 5.10 Å². The van der Waals surface area contributed by atoms with Crippen LogP contribution in [0.25, 0.3) is 33.5 Å². The minimum absolute atomic E-state index is 0.392. The molecule has 0 bridgehead atoms. The monoisotopic (exact) mass is 464 g/mol. The van der Waals surface area contributed by atoms with E-state index < -0.39 is 10.0 Å². The molecule has 1 aromatic carbocycles. The van der Waals surface area contributed by atoms with Crippen molar-refractivity contribution < 1.29 is 13.2 Å². The number of methoxy groups -OCH3 is 1. The molecule has 168 valence electrons. The molecule has 0 saturated heterocycles.